The third-order valence-electron chi connectivity index (χ3n) is 4.56. The summed E-state index contributed by atoms with van der Waals surface area (Å²) < 4.78 is 53.5. The van der Waals surface area contributed by atoms with E-state index in [0.717, 1.165) is 11.6 Å². The Morgan fingerprint density at radius 1 is 1.19 bits per heavy atom. The molecule has 0 saturated carbocycles. The fourth-order valence-electron chi connectivity index (χ4n) is 2.75. The smallest absolute Gasteiger partial charge is 0.387 e. The fourth-order valence-corrected chi connectivity index (χ4v) is 2.95. The lowest BCUT2D eigenvalue weighted by molar-refractivity contribution is -0.137. The molecule has 0 saturated heterocycles. The Balaban J connectivity index is 2.01. The molecule has 2 aromatic carbocycles. The minimum atomic E-state index is -4.79. The monoisotopic (exact) mass is 469 g/mol. The molecule has 0 bridgehead atoms. The zero-order valence-electron chi connectivity index (χ0n) is 17.4. The number of H-pyrrole nitrogens is 1. The SMILES string of the molecule is CC(C)(C)C(N)=NCc1ccc(Cl)c(-c2nn(-c3cc(F)cc(C(F)(F)F)c3)c(=O)[nH]2)c1. The Labute approximate surface area is 185 Å². The van der Waals surface area contributed by atoms with E-state index in [1.165, 1.54) is 0 Å². The number of nitrogens with zero attached hydrogens (tertiary/aromatic N) is 3. The van der Waals surface area contributed by atoms with Gasteiger partial charge in [0, 0.05) is 11.0 Å². The number of nitrogens with one attached hydrogen (secondary N) is 1. The van der Waals surface area contributed by atoms with Gasteiger partial charge < -0.3 is 5.73 Å². The fraction of sp³-hybridized carbons (Fsp3) is 0.286. The molecule has 6 nitrogen and oxygen atoms in total. The molecule has 0 radical (unpaired) electrons. The van der Waals surface area contributed by atoms with Gasteiger partial charge >= 0.3 is 11.9 Å². The third kappa shape index (κ3) is 5.18. The number of aliphatic imine (C=N–C) groups is 1. The molecule has 1 heterocycles. The summed E-state index contributed by atoms with van der Waals surface area (Å²) >= 11 is 6.24. The highest BCUT2D eigenvalue weighted by Crippen LogP contribution is 2.31. The predicted molar refractivity (Wildman–Crippen MR) is 114 cm³/mol. The van der Waals surface area contributed by atoms with Crippen LogP contribution >= 0.6 is 11.6 Å². The van der Waals surface area contributed by atoms with E-state index in [-0.39, 0.29) is 28.5 Å². The molecule has 0 fully saturated rings. The van der Waals surface area contributed by atoms with Gasteiger partial charge in [-0.15, -0.1) is 5.10 Å². The molecule has 1 aromatic heterocycles. The molecule has 3 N–H and O–H groups in total. The summed E-state index contributed by atoms with van der Waals surface area (Å²) in [5.74, 6) is -0.689. The number of hydrogen-bond acceptors (Lipinski definition) is 3. The van der Waals surface area contributed by atoms with Gasteiger partial charge in [-0.1, -0.05) is 38.4 Å². The number of aromatic amines is 1. The number of halogens is 5. The number of alkyl halides is 3. The van der Waals surface area contributed by atoms with Crippen LogP contribution in [0.15, 0.2) is 46.2 Å². The second kappa shape index (κ2) is 8.42. The maximum atomic E-state index is 13.8. The molecule has 3 rings (SSSR count). The molecule has 0 aliphatic heterocycles. The maximum absolute atomic E-state index is 13.8. The van der Waals surface area contributed by atoms with Crippen LogP contribution in [-0.4, -0.2) is 20.6 Å². The molecular formula is C21H20ClF4N5O. The van der Waals surface area contributed by atoms with Crippen LogP contribution in [0.1, 0.15) is 31.9 Å². The van der Waals surface area contributed by atoms with Crippen molar-refractivity contribution in [2.45, 2.75) is 33.5 Å². The maximum Gasteiger partial charge on any atom is 0.416 e. The van der Waals surface area contributed by atoms with Crippen molar-refractivity contribution in [2.24, 2.45) is 16.1 Å². The second-order valence-corrected chi connectivity index (χ2v) is 8.56. The van der Waals surface area contributed by atoms with Crippen LogP contribution in [0.25, 0.3) is 17.1 Å². The number of amidine groups is 1. The summed E-state index contributed by atoms with van der Waals surface area (Å²) in [5.41, 5.74) is 4.25. The van der Waals surface area contributed by atoms with Gasteiger partial charge in [0.15, 0.2) is 5.82 Å². The van der Waals surface area contributed by atoms with Crippen molar-refractivity contribution in [3.8, 4) is 17.1 Å². The summed E-state index contributed by atoms with van der Waals surface area (Å²) in [5, 5.41) is 4.27. The van der Waals surface area contributed by atoms with E-state index in [0.29, 0.717) is 28.2 Å². The van der Waals surface area contributed by atoms with E-state index < -0.39 is 23.2 Å². The Hall–Kier alpha value is -3.14. The lowest BCUT2D eigenvalue weighted by Crippen LogP contribution is -2.28. The Morgan fingerprint density at radius 3 is 2.50 bits per heavy atom. The van der Waals surface area contributed by atoms with E-state index in [1.54, 1.807) is 18.2 Å². The molecule has 0 aliphatic rings. The van der Waals surface area contributed by atoms with Crippen molar-refractivity contribution in [3.63, 3.8) is 0 Å². The topological polar surface area (TPSA) is 89.1 Å². The van der Waals surface area contributed by atoms with Crippen molar-refractivity contribution >= 4 is 17.4 Å². The number of nitrogens with two attached hydrogens (primary N) is 1. The standard InChI is InChI=1S/C21H20ClF4N5O/c1-20(2,3)18(27)28-10-11-4-5-16(22)15(6-11)17-29-19(32)31(30-17)14-8-12(21(24,25)26)7-13(23)9-14/h4-9H,10H2,1-3H3,(H2,27,28)(H,29,30,32). The highest BCUT2D eigenvalue weighted by atomic mass is 35.5. The van der Waals surface area contributed by atoms with Crippen molar-refractivity contribution in [1.82, 2.24) is 14.8 Å². The molecule has 170 valence electrons. The van der Waals surface area contributed by atoms with Crippen LogP contribution in [0.5, 0.6) is 0 Å². The number of rotatable bonds is 4. The van der Waals surface area contributed by atoms with E-state index in [2.05, 4.69) is 15.1 Å². The molecule has 0 atom stereocenters. The Kier molecular flexibility index (Phi) is 6.19. The molecular weight excluding hydrogens is 450 g/mol. The van der Waals surface area contributed by atoms with E-state index in [1.807, 2.05) is 20.8 Å². The largest absolute Gasteiger partial charge is 0.416 e. The average Bonchev–Trinajstić information content (AvgIpc) is 3.06. The van der Waals surface area contributed by atoms with Gasteiger partial charge in [0.25, 0.3) is 0 Å². The number of benzene rings is 2. The van der Waals surface area contributed by atoms with Crippen molar-refractivity contribution < 1.29 is 17.6 Å². The summed E-state index contributed by atoms with van der Waals surface area (Å²) in [6, 6.07) is 6.70. The minimum Gasteiger partial charge on any atom is -0.387 e. The van der Waals surface area contributed by atoms with Gasteiger partial charge in [0.2, 0.25) is 0 Å². The summed E-state index contributed by atoms with van der Waals surface area (Å²) in [6.07, 6.45) is -4.79. The zero-order chi connectivity index (χ0) is 23.8. The zero-order valence-corrected chi connectivity index (χ0v) is 18.1. The van der Waals surface area contributed by atoms with Gasteiger partial charge in [-0.25, -0.2) is 9.18 Å². The molecule has 0 amide bonds. The van der Waals surface area contributed by atoms with Crippen LogP contribution < -0.4 is 11.4 Å². The third-order valence-corrected chi connectivity index (χ3v) is 4.89. The summed E-state index contributed by atoms with van der Waals surface area (Å²) in [6.45, 7) is 6.02. The van der Waals surface area contributed by atoms with Crippen LogP contribution in [0.4, 0.5) is 17.6 Å². The first-order chi connectivity index (χ1) is 14.8. The van der Waals surface area contributed by atoms with Crippen LogP contribution in [0, 0.1) is 11.2 Å². The van der Waals surface area contributed by atoms with Crippen molar-refractivity contribution in [2.75, 3.05) is 0 Å². The number of aromatic nitrogens is 3. The van der Waals surface area contributed by atoms with E-state index in [9.17, 15) is 22.4 Å². The van der Waals surface area contributed by atoms with Crippen molar-refractivity contribution in [1.29, 1.82) is 0 Å². The molecule has 3 aromatic rings. The van der Waals surface area contributed by atoms with Crippen LogP contribution in [0.2, 0.25) is 5.02 Å². The van der Waals surface area contributed by atoms with Gasteiger partial charge in [-0.3, -0.25) is 9.98 Å². The van der Waals surface area contributed by atoms with E-state index in [4.69, 9.17) is 17.3 Å². The lowest BCUT2D eigenvalue weighted by atomic mass is 9.95. The Morgan fingerprint density at radius 2 is 1.88 bits per heavy atom. The second-order valence-electron chi connectivity index (χ2n) is 8.15. The first-order valence-corrected chi connectivity index (χ1v) is 9.80. The molecule has 32 heavy (non-hydrogen) atoms. The quantitative estimate of drug-likeness (QED) is 0.322. The van der Waals surface area contributed by atoms with Crippen LogP contribution in [-0.2, 0) is 12.7 Å². The summed E-state index contributed by atoms with van der Waals surface area (Å²) in [7, 11) is 0. The normalized spacial score (nSPS) is 12.9. The molecule has 0 unspecified atom stereocenters. The highest BCUT2D eigenvalue weighted by Gasteiger charge is 2.32. The molecule has 11 heteroatoms. The van der Waals surface area contributed by atoms with Crippen molar-refractivity contribution in [3.05, 3.63) is 68.8 Å². The van der Waals surface area contributed by atoms with Crippen LogP contribution in [0.3, 0.4) is 0 Å². The Bertz CT molecular complexity index is 1240. The van der Waals surface area contributed by atoms with Gasteiger partial charge in [-0.2, -0.15) is 17.9 Å². The number of hydrogen-bond donors (Lipinski definition) is 2. The van der Waals surface area contributed by atoms with E-state index >= 15 is 0 Å². The highest BCUT2D eigenvalue weighted by molar-refractivity contribution is 6.33. The first-order valence-electron chi connectivity index (χ1n) is 9.42. The lowest BCUT2D eigenvalue weighted by Gasteiger charge is -2.17. The minimum absolute atomic E-state index is 0.00689. The molecule has 0 spiro atoms. The van der Waals surface area contributed by atoms with Gasteiger partial charge in [-0.05, 0) is 35.9 Å². The predicted octanol–water partition coefficient (Wildman–Crippen LogP) is 4.94. The van der Waals surface area contributed by atoms with Gasteiger partial charge in [0.05, 0.1) is 28.7 Å². The summed E-state index contributed by atoms with van der Waals surface area (Å²) in [4.78, 5) is 19.2. The van der Waals surface area contributed by atoms with Gasteiger partial charge in [0.1, 0.15) is 5.82 Å². The average molecular weight is 470 g/mol. The first kappa shape index (κ1) is 23.5. The molecule has 0 aliphatic carbocycles.